The van der Waals surface area contributed by atoms with Crippen LogP contribution in [0.5, 0.6) is 0 Å². The number of nitrogens with one attached hydrogen (secondary N) is 1. The molecule has 96 valence electrons. The van der Waals surface area contributed by atoms with Crippen LogP contribution in [0.1, 0.15) is 38.3 Å². The summed E-state index contributed by atoms with van der Waals surface area (Å²) in [5.41, 5.74) is 1.32. The summed E-state index contributed by atoms with van der Waals surface area (Å²) < 4.78 is 1.27. The summed E-state index contributed by atoms with van der Waals surface area (Å²) in [5.74, 6) is 0.575. The van der Waals surface area contributed by atoms with Gasteiger partial charge in [-0.3, -0.25) is 0 Å². The maximum absolute atomic E-state index is 8.95. The van der Waals surface area contributed by atoms with Crippen LogP contribution in [-0.4, -0.2) is 18.3 Å². The molecule has 2 nitrogen and oxygen atoms in total. The van der Waals surface area contributed by atoms with Crippen molar-refractivity contribution in [2.24, 2.45) is 5.92 Å². The first kappa shape index (κ1) is 14.9. The van der Waals surface area contributed by atoms with Gasteiger partial charge in [0.05, 0.1) is 0 Å². The summed E-state index contributed by atoms with van der Waals surface area (Å²) >= 11 is 2.32. The Kier molecular flexibility index (Phi) is 7.08. The van der Waals surface area contributed by atoms with Crippen molar-refractivity contribution in [1.29, 1.82) is 0 Å². The Morgan fingerprint density at radius 3 is 2.47 bits per heavy atom. The van der Waals surface area contributed by atoms with E-state index in [1.54, 1.807) is 0 Å². The Morgan fingerprint density at radius 2 is 1.94 bits per heavy atom. The highest BCUT2D eigenvalue weighted by Gasteiger charge is 2.09. The number of hydrogen-bond donors (Lipinski definition) is 2. The molecular weight excluding hydrogens is 325 g/mol. The zero-order valence-corrected chi connectivity index (χ0v) is 12.8. The van der Waals surface area contributed by atoms with Gasteiger partial charge in [-0.25, -0.2) is 0 Å². The van der Waals surface area contributed by atoms with E-state index in [4.69, 9.17) is 5.11 Å². The molecule has 0 amide bonds. The first-order valence-electron chi connectivity index (χ1n) is 6.27. The minimum absolute atomic E-state index is 0.290. The minimum atomic E-state index is 0.290. The Labute approximate surface area is 118 Å². The first-order chi connectivity index (χ1) is 8.17. The summed E-state index contributed by atoms with van der Waals surface area (Å²) in [7, 11) is 0. The lowest BCUT2D eigenvalue weighted by Crippen LogP contribution is -2.26. The lowest BCUT2D eigenvalue weighted by molar-refractivity contribution is 0.249. The van der Waals surface area contributed by atoms with Crippen LogP contribution in [0, 0.1) is 9.49 Å². The van der Waals surface area contributed by atoms with Crippen molar-refractivity contribution < 1.29 is 5.11 Å². The molecule has 0 aliphatic rings. The van der Waals surface area contributed by atoms with Crippen LogP contribution in [0.25, 0.3) is 0 Å². The van der Waals surface area contributed by atoms with Crippen molar-refractivity contribution in [3.05, 3.63) is 33.4 Å². The second kappa shape index (κ2) is 8.06. The third-order valence-electron chi connectivity index (χ3n) is 3.20. The molecule has 0 heterocycles. The molecule has 1 aromatic carbocycles. The van der Waals surface area contributed by atoms with Gasteiger partial charge in [0.15, 0.2) is 0 Å². The summed E-state index contributed by atoms with van der Waals surface area (Å²) in [5, 5.41) is 12.5. The van der Waals surface area contributed by atoms with Gasteiger partial charge in [0.25, 0.3) is 0 Å². The second-order valence-electron chi connectivity index (χ2n) is 4.47. The zero-order valence-electron chi connectivity index (χ0n) is 10.6. The van der Waals surface area contributed by atoms with Gasteiger partial charge >= 0.3 is 0 Å². The molecule has 0 radical (unpaired) electrons. The molecule has 0 aromatic heterocycles. The van der Waals surface area contributed by atoms with E-state index in [0.717, 1.165) is 19.4 Å². The van der Waals surface area contributed by atoms with E-state index >= 15 is 0 Å². The topological polar surface area (TPSA) is 32.3 Å². The van der Waals surface area contributed by atoms with Crippen molar-refractivity contribution in [2.45, 2.75) is 32.7 Å². The largest absolute Gasteiger partial charge is 0.396 e. The summed E-state index contributed by atoms with van der Waals surface area (Å²) in [4.78, 5) is 0. The van der Waals surface area contributed by atoms with Crippen LogP contribution in [0.4, 0.5) is 0 Å². The molecule has 2 atom stereocenters. The van der Waals surface area contributed by atoms with Crippen molar-refractivity contribution in [2.75, 3.05) is 13.2 Å². The van der Waals surface area contributed by atoms with Crippen LogP contribution < -0.4 is 5.32 Å². The quantitative estimate of drug-likeness (QED) is 0.742. The SMILES string of the molecule is CCC(CCO)CNC(C)c1ccc(I)cc1. The Balaban J connectivity index is 2.43. The lowest BCUT2D eigenvalue weighted by atomic mass is 10.0. The predicted molar refractivity (Wildman–Crippen MR) is 81.1 cm³/mol. The van der Waals surface area contributed by atoms with Gasteiger partial charge in [-0.15, -0.1) is 0 Å². The van der Waals surface area contributed by atoms with Gasteiger partial charge in [-0.1, -0.05) is 25.5 Å². The van der Waals surface area contributed by atoms with Crippen molar-refractivity contribution in [3.8, 4) is 0 Å². The highest BCUT2D eigenvalue weighted by atomic mass is 127. The van der Waals surface area contributed by atoms with E-state index in [-0.39, 0.29) is 6.61 Å². The number of aliphatic hydroxyl groups excluding tert-OH is 1. The molecule has 1 aromatic rings. The molecule has 1 rings (SSSR count). The van der Waals surface area contributed by atoms with Gasteiger partial charge in [-0.2, -0.15) is 0 Å². The summed E-state index contributed by atoms with van der Waals surface area (Å²) in [6.07, 6.45) is 2.01. The number of aliphatic hydroxyl groups is 1. The lowest BCUT2D eigenvalue weighted by Gasteiger charge is -2.19. The summed E-state index contributed by atoms with van der Waals surface area (Å²) in [6, 6.07) is 9.00. The molecule has 0 saturated carbocycles. The molecule has 0 bridgehead atoms. The Morgan fingerprint density at radius 1 is 1.29 bits per heavy atom. The van der Waals surface area contributed by atoms with E-state index in [2.05, 4.69) is 66.0 Å². The number of rotatable bonds is 7. The molecule has 3 heteroatoms. The Hall–Kier alpha value is -0.130. The van der Waals surface area contributed by atoms with Gasteiger partial charge in [0, 0.05) is 16.2 Å². The molecule has 0 spiro atoms. The smallest absolute Gasteiger partial charge is 0.0434 e. The summed E-state index contributed by atoms with van der Waals surface area (Å²) in [6.45, 7) is 5.63. The number of benzene rings is 1. The van der Waals surface area contributed by atoms with Gasteiger partial charge in [0.1, 0.15) is 0 Å². The molecule has 0 aliphatic heterocycles. The van der Waals surface area contributed by atoms with E-state index in [9.17, 15) is 0 Å². The van der Waals surface area contributed by atoms with Gasteiger partial charge in [-0.05, 0) is 66.1 Å². The molecule has 0 fully saturated rings. The molecule has 0 saturated heterocycles. The van der Waals surface area contributed by atoms with Crippen LogP contribution in [0.2, 0.25) is 0 Å². The molecule has 0 aliphatic carbocycles. The van der Waals surface area contributed by atoms with Gasteiger partial charge in [0.2, 0.25) is 0 Å². The van der Waals surface area contributed by atoms with Crippen LogP contribution >= 0.6 is 22.6 Å². The average Bonchev–Trinajstić information content (AvgIpc) is 2.35. The van der Waals surface area contributed by atoms with Gasteiger partial charge < -0.3 is 10.4 Å². The fourth-order valence-corrected chi connectivity index (χ4v) is 2.21. The van der Waals surface area contributed by atoms with Crippen LogP contribution in [0.3, 0.4) is 0 Å². The number of halogens is 1. The van der Waals surface area contributed by atoms with E-state index < -0.39 is 0 Å². The fraction of sp³-hybridized carbons (Fsp3) is 0.571. The van der Waals surface area contributed by atoms with Crippen LogP contribution in [0.15, 0.2) is 24.3 Å². The normalized spacial score (nSPS) is 14.6. The van der Waals surface area contributed by atoms with E-state index in [1.165, 1.54) is 9.13 Å². The molecule has 17 heavy (non-hydrogen) atoms. The minimum Gasteiger partial charge on any atom is -0.396 e. The predicted octanol–water partition coefficient (Wildman–Crippen LogP) is 3.35. The maximum atomic E-state index is 8.95. The zero-order chi connectivity index (χ0) is 12.7. The van der Waals surface area contributed by atoms with Crippen molar-refractivity contribution in [1.82, 2.24) is 5.32 Å². The standard InChI is InChI=1S/C14H22INO/c1-3-12(8-9-17)10-16-11(2)13-4-6-14(15)7-5-13/h4-7,11-12,16-17H,3,8-10H2,1-2H3. The molecule has 2 N–H and O–H groups in total. The fourth-order valence-electron chi connectivity index (χ4n) is 1.85. The third kappa shape index (κ3) is 5.36. The highest BCUT2D eigenvalue weighted by Crippen LogP contribution is 2.15. The van der Waals surface area contributed by atoms with E-state index in [1.807, 2.05) is 0 Å². The Bertz CT molecular complexity index is 313. The van der Waals surface area contributed by atoms with Crippen molar-refractivity contribution in [3.63, 3.8) is 0 Å². The third-order valence-corrected chi connectivity index (χ3v) is 3.92. The first-order valence-corrected chi connectivity index (χ1v) is 7.35. The van der Waals surface area contributed by atoms with Crippen molar-refractivity contribution >= 4 is 22.6 Å². The molecule has 2 unspecified atom stereocenters. The second-order valence-corrected chi connectivity index (χ2v) is 5.71. The average molecular weight is 347 g/mol. The molecular formula is C14H22INO. The maximum Gasteiger partial charge on any atom is 0.0434 e. The monoisotopic (exact) mass is 347 g/mol. The van der Waals surface area contributed by atoms with E-state index in [0.29, 0.717) is 12.0 Å². The van der Waals surface area contributed by atoms with Crippen LogP contribution in [-0.2, 0) is 0 Å². The number of hydrogen-bond acceptors (Lipinski definition) is 2. The highest BCUT2D eigenvalue weighted by molar-refractivity contribution is 14.1.